The molecule has 0 aromatic heterocycles. The summed E-state index contributed by atoms with van der Waals surface area (Å²) in [6.45, 7) is 3.92. The summed E-state index contributed by atoms with van der Waals surface area (Å²) in [6.07, 6.45) is 0. The van der Waals surface area contributed by atoms with Crippen LogP contribution in [0.4, 0.5) is 5.69 Å². The molecule has 8 heteroatoms. The van der Waals surface area contributed by atoms with Gasteiger partial charge in [-0.1, -0.05) is 29.3 Å². The summed E-state index contributed by atoms with van der Waals surface area (Å²) in [5.41, 5.74) is 1.72. The molecule has 0 unspecified atom stereocenters. The van der Waals surface area contributed by atoms with Gasteiger partial charge >= 0.3 is 0 Å². The van der Waals surface area contributed by atoms with Crippen molar-refractivity contribution in [1.29, 1.82) is 0 Å². The Kier molecular flexibility index (Phi) is 5.74. The lowest BCUT2D eigenvalue weighted by molar-refractivity contribution is 0.0303. The third-order valence-corrected chi connectivity index (χ3v) is 6.64. The highest BCUT2D eigenvalue weighted by atomic mass is 35.5. The summed E-state index contributed by atoms with van der Waals surface area (Å²) >= 11 is 6.30. The van der Waals surface area contributed by atoms with Crippen LogP contribution < -0.4 is 4.31 Å². The van der Waals surface area contributed by atoms with E-state index in [9.17, 15) is 13.2 Å². The van der Waals surface area contributed by atoms with Crippen LogP contribution in [0.1, 0.15) is 15.9 Å². The number of hydrogen-bond acceptors (Lipinski definition) is 4. The van der Waals surface area contributed by atoms with Crippen LogP contribution in [0.5, 0.6) is 0 Å². The maximum atomic E-state index is 12.8. The first kappa shape index (κ1) is 19.7. The SMILES string of the molecule is Cc1ccc(S(=O)(=O)N(C)c2ccc(C(=O)N3CCOCC3)c(Cl)c2)cc1. The minimum atomic E-state index is -3.72. The summed E-state index contributed by atoms with van der Waals surface area (Å²) in [6, 6.07) is 11.3. The van der Waals surface area contributed by atoms with Gasteiger partial charge in [-0.3, -0.25) is 9.10 Å². The largest absolute Gasteiger partial charge is 0.378 e. The molecule has 0 bridgehead atoms. The van der Waals surface area contributed by atoms with E-state index in [4.69, 9.17) is 16.3 Å². The van der Waals surface area contributed by atoms with Crippen molar-refractivity contribution in [2.75, 3.05) is 37.7 Å². The number of amides is 1. The molecule has 144 valence electrons. The van der Waals surface area contributed by atoms with Gasteiger partial charge in [0.1, 0.15) is 0 Å². The monoisotopic (exact) mass is 408 g/mol. The lowest BCUT2D eigenvalue weighted by atomic mass is 10.1. The Bertz CT molecular complexity index is 939. The Labute approximate surface area is 164 Å². The molecule has 1 aliphatic heterocycles. The number of hydrogen-bond donors (Lipinski definition) is 0. The van der Waals surface area contributed by atoms with Crippen LogP contribution >= 0.6 is 11.6 Å². The minimum Gasteiger partial charge on any atom is -0.378 e. The van der Waals surface area contributed by atoms with Crippen molar-refractivity contribution in [1.82, 2.24) is 4.90 Å². The lowest BCUT2D eigenvalue weighted by Gasteiger charge is -2.27. The van der Waals surface area contributed by atoms with Gasteiger partial charge in [-0.2, -0.15) is 0 Å². The van der Waals surface area contributed by atoms with E-state index in [2.05, 4.69) is 0 Å². The van der Waals surface area contributed by atoms with Gasteiger partial charge in [0.25, 0.3) is 15.9 Å². The van der Waals surface area contributed by atoms with Crippen LogP contribution in [0.15, 0.2) is 47.4 Å². The number of nitrogens with zero attached hydrogens (tertiary/aromatic N) is 2. The molecule has 6 nitrogen and oxygen atoms in total. The lowest BCUT2D eigenvalue weighted by Crippen LogP contribution is -2.40. The maximum Gasteiger partial charge on any atom is 0.264 e. The Hall–Kier alpha value is -2.09. The van der Waals surface area contributed by atoms with Gasteiger partial charge in [0.15, 0.2) is 0 Å². The number of ether oxygens (including phenoxy) is 1. The average Bonchev–Trinajstić information content (AvgIpc) is 2.68. The van der Waals surface area contributed by atoms with Crippen LogP contribution in [0, 0.1) is 6.92 Å². The van der Waals surface area contributed by atoms with Crippen LogP contribution in [0.2, 0.25) is 5.02 Å². The first-order valence-electron chi connectivity index (χ1n) is 8.53. The predicted molar refractivity (Wildman–Crippen MR) is 105 cm³/mol. The molecule has 1 heterocycles. The zero-order valence-electron chi connectivity index (χ0n) is 15.2. The van der Waals surface area contributed by atoms with Crippen molar-refractivity contribution in [3.05, 3.63) is 58.6 Å². The van der Waals surface area contributed by atoms with Crippen LogP contribution in [0.25, 0.3) is 0 Å². The molecule has 0 atom stereocenters. The molecule has 27 heavy (non-hydrogen) atoms. The third kappa shape index (κ3) is 4.10. The van der Waals surface area contributed by atoms with Gasteiger partial charge < -0.3 is 9.64 Å². The van der Waals surface area contributed by atoms with E-state index in [1.807, 2.05) is 6.92 Å². The second-order valence-electron chi connectivity index (χ2n) is 6.35. The van der Waals surface area contributed by atoms with Crippen LogP contribution in [0.3, 0.4) is 0 Å². The molecular weight excluding hydrogens is 388 g/mol. The number of sulfonamides is 1. The second kappa shape index (κ2) is 7.88. The van der Waals surface area contributed by atoms with Crippen molar-refractivity contribution in [2.45, 2.75) is 11.8 Å². The molecule has 1 aliphatic rings. The molecule has 1 saturated heterocycles. The van der Waals surface area contributed by atoms with Crippen LogP contribution in [-0.2, 0) is 14.8 Å². The van der Waals surface area contributed by atoms with E-state index < -0.39 is 10.0 Å². The van der Waals surface area contributed by atoms with Gasteiger partial charge in [0.05, 0.1) is 34.4 Å². The average molecular weight is 409 g/mol. The smallest absolute Gasteiger partial charge is 0.264 e. The van der Waals surface area contributed by atoms with Crippen molar-refractivity contribution in [3.63, 3.8) is 0 Å². The first-order valence-corrected chi connectivity index (χ1v) is 10.3. The molecule has 0 spiro atoms. The van der Waals surface area contributed by atoms with Gasteiger partial charge in [0.2, 0.25) is 0 Å². The molecule has 1 fully saturated rings. The fourth-order valence-corrected chi connectivity index (χ4v) is 4.26. The summed E-state index contributed by atoms with van der Waals surface area (Å²) in [7, 11) is -2.25. The van der Waals surface area contributed by atoms with Crippen molar-refractivity contribution >= 4 is 33.2 Å². The number of benzene rings is 2. The summed E-state index contributed by atoms with van der Waals surface area (Å²) in [5.74, 6) is -0.182. The number of morpholine rings is 1. The van der Waals surface area contributed by atoms with Crippen LogP contribution in [-0.4, -0.2) is 52.6 Å². The number of rotatable bonds is 4. The maximum absolute atomic E-state index is 12.8. The number of anilines is 1. The molecule has 0 saturated carbocycles. The fraction of sp³-hybridized carbons (Fsp3) is 0.316. The highest BCUT2D eigenvalue weighted by molar-refractivity contribution is 7.92. The topological polar surface area (TPSA) is 66.9 Å². The highest BCUT2D eigenvalue weighted by Gasteiger charge is 2.24. The van der Waals surface area contributed by atoms with Gasteiger partial charge in [0, 0.05) is 20.1 Å². The standard InChI is InChI=1S/C19H21ClN2O4S/c1-14-3-6-16(7-4-14)27(24,25)21(2)15-5-8-17(18(20)13-15)19(23)22-9-11-26-12-10-22/h3-8,13H,9-12H2,1-2H3. The number of carbonyl (C=O) groups is 1. The summed E-state index contributed by atoms with van der Waals surface area (Å²) in [4.78, 5) is 14.5. The zero-order chi connectivity index (χ0) is 19.6. The summed E-state index contributed by atoms with van der Waals surface area (Å²) in [5, 5.41) is 0.218. The summed E-state index contributed by atoms with van der Waals surface area (Å²) < 4.78 is 32.0. The molecule has 0 aliphatic carbocycles. The molecule has 3 rings (SSSR count). The van der Waals surface area contributed by atoms with E-state index in [1.165, 1.54) is 13.1 Å². The molecule has 0 radical (unpaired) electrons. The minimum absolute atomic E-state index is 0.182. The van der Waals surface area contributed by atoms with Crippen molar-refractivity contribution < 1.29 is 17.9 Å². The van der Waals surface area contributed by atoms with Crippen molar-refractivity contribution in [3.8, 4) is 0 Å². The normalized spacial score (nSPS) is 14.9. The molecule has 2 aromatic carbocycles. The quantitative estimate of drug-likeness (QED) is 0.780. The Morgan fingerprint density at radius 2 is 1.74 bits per heavy atom. The van der Waals surface area contributed by atoms with Gasteiger partial charge in [-0.25, -0.2) is 8.42 Å². The number of carbonyl (C=O) groups excluding carboxylic acids is 1. The van der Waals surface area contributed by atoms with E-state index >= 15 is 0 Å². The number of halogens is 1. The molecule has 1 amide bonds. The predicted octanol–water partition coefficient (Wildman–Crippen LogP) is 2.95. The van der Waals surface area contributed by atoms with E-state index in [0.717, 1.165) is 9.87 Å². The zero-order valence-corrected chi connectivity index (χ0v) is 16.8. The highest BCUT2D eigenvalue weighted by Crippen LogP contribution is 2.28. The van der Waals surface area contributed by atoms with E-state index in [1.54, 1.807) is 41.3 Å². The molecular formula is C19H21ClN2O4S. The third-order valence-electron chi connectivity index (χ3n) is 4.52. The van der Waals surface area contributed by atoms with E-state index in [-0.39, 0.29) is 15.8 Å². The molecule has 0 N–H and O–H groups in total. The molecule has 2 aromatic rings. The number of aryl methyl sites for hydroxylation is 1. The van der Waals surface area contributed by atoms with Gasteiger partial charge in [-0.05, 0) is 37.3 Å². The van der Waals surface area contributed by atoms with Gasteiger partial charge in [-0.15, -0.1) is 0 Å². The Morgan fingerprint density at radius 1 is 1.11 bits per heavy atom. The Balaban J connectivity index is 1.86. The van der Waals surface area contributed by atoms with E-state index in [0.29, 0.717) is 37.6 Å². The fourth-order valence-electron chi connectivity index (χ4n) is 2.82. The van der Waals surface area contributed by atoms with Crippen molar-refractivity contribution in [2.24, 2.45) is 0 Å². The second-order valence-corrected chi connectivity index (χ2v) is 8.73. The first-order chi connectivity index (χ1) is 12.8. The Morgan fingerprint density at radius 3 is 2.33 bits per heavy atom.